The van der Waals surface area contributed by atoms with Gasteiger partial charge in [-0.2, -0.15) is 10.1 Å². The summed E-state index contributed by atoms with van der Waals surface area (Å²) in [5, 5.41) is 4.03. The van der Waals surface area contributed by atoms with Crippen LogP contribution in [-0.2, 0) is 9.05 Å². The minimum Gasteiger partial charge on any atom is -0.308 e. The molecule has 0 amide bonds. The fourth-order valence-electron chi connectivity index (χ4n) is 1.70. The normalized spacial score (nSPS) is 12.7. The molecule has 0 bridgehead atoms. The van der Waals surface area contributed by atoms with Gasteiger partial charge in [-0.05, 0) is 12.1 Å². The van der Waals surface area contributed by atoms with Gasteiger partial charge < -0.3 is 9.05 Å². The summed E-state index contributed by atoms with van der Waals surface area (Å²) < 4.78 is 12.4. The van der Waals surface area contributed by atoms with E-state index in [9.17, 15) is 0 Å². The van der Waals surface area contributed by atoms with Crippen LogP contribution in [0.4, 0.5) is 0 Å². The van der Waals surface area contributed by atoms with Crippen LogP contribution in [-0.4, -0.2) is 44.9 Å². The zero-order valence-electron chi connectivity index (χ0n) is 12.5. The monoisotopic (exact) mass is 262 g/mol. The quantitative estimate of drug-likeness (QED) is 0.446. The first-order valence-corrected chi connectivity index (χ1v) is 9.22. The lowest BCUT2D eigenvalue weighted by molar-refractivity contribution is -0.145. The van der Waals surface area contributed by atoms with E-state index in [0.717, 1.165) is 38.3 Å². The highest BCUT2D eigenvalue weighted by molar-refractivity contribution is 6.67. The number of hydrogen-bond acceptors (Lipinski definition) is 4. The van der Waals surface area contributed by atoms with Gasteiger partial charge in [0.15, 0.2) is 0 Å². The van der Waals surface area contributed by atoms with Gasteiger partial charge in [-0.1, -0.05) is 41.5 Å². The Hall–Kier alpha value is 0.0569. The molecule has 0 aliphatic carbocycles. The van der Waals surface area contributed by atoms with Crippen LogP contribution < -0.4 is 0 Å². The summed E-state index contributed by atoms with van der Waals surface area (Å²) in [6.45, 7) is 16.4. The first kappa shape index (κ1) is 17.1. The molecular weight excluding hydrogens is 232 g/mol. The predicted octanol–water partition coefficient (Wildman–Crippen LogP) is 3.02. The summed E-state index contributed by atoms with van der Waals surface area (Å²) in [6.07, 6.45) is 0. The fourth-order valence-corrected chi connectivity index (χ4v) is 4.21. The van der Waals surface area contributed by atoms with Crippen LogP contribution in [0.5, 0.6) is 0 Å². The van der Waals surface area contributed by atoms with E-state index >= 15 is 0 Å². The number of hydroxylamine groups is 4. The van der Waals surface area contributed by atoms with Gasteiger partial charge >= 0.3 is 8.56 Å². The van der Waals surface area contributed by atoms with Crippen molar-refractivity contribution in [1.82, 2.24) is 10.1 Å². The first-order chi connectivity index (χ1) is 8.11. The van der Waals surface area contributed by atoms with Gasteiger partial charge in [0.25, 0.3) is 0 Å². The van der Waals surface area contributed by atoms with Crippen molar-refractivity contribution in [1.29, 1.82) is 0 Å². The molecule has 104 valence electrons. The van der Waals surface area contributed by atoms with E-state index in [1.54, 1.807) is 0 Å². The van der Waals surface area contributed by atoms with Crippen LogP contribution in [0.25, 0.3) is 0 Å². The number of nitrogens with zero attached hydrogens (tertiary/aromatic N) is 2. The second-order valence-electron chi connectivity index (χ2n) is 4.03. The average Bonchev–Trinajstić information content (AvgIpc) is 2.40. The number of rotatable bonds is 10. The Morgan fingerprint density at radius 1 is 0.647 bits per heavy atom. The van der Waals surface area contributed by atoms with Gasteiger partial charge in [0, 0.05) is 26.2 Å². The fraction of sp³-hybridized carbons (Fsp3) is 1.00. The molecule has 0 unspecified atom stereocenters. The molecule has 0 spiro atoms. The molecular formula is C12H30N2O2Si. The highest BCUT2D eigenvalue weighted by atomic mass is 28.4. The molecule has 0 fully saturated rings. The van der Waals surface area contributed by atoms with Crippen LogP contribution in [0.15, 0.2) is 0 Å². The molecule has 0 heterocycles. The topological polar surface area (TPSA) is 24.9 Å². The molecule has 0 aliphatic rings. The Morgan fingerprint density at radius 3 is 1.12 bits per heavy atom. The molecule has 0 saturated heterocycles. The maximum Gasteiger partial charge on any atom is 0.376 e. The predicted molar refractivity (Wildman–Crippen MR) is 74.7 cm³/mol. The lowest BCUT2D eigenvalue weighted by atomic mass is 10.6. The Bertz CT molecular complexity index is 165. The highest BCUT2D eigenvalue weighted by Gasteiger charge is 2.38. The Labute approximate surface area is 108 Å². The molecule has 0 N–H and O–H groups in total. The van der Waals surface area contributed by atoms with Crippen LogP contribution >= 0.6 is 0 Å². The van der Waals surface area contributed by atoms with E-state index in [1.807, 2.05) is 10.1 Å². The summed E-state index contributed by atoms with van der Waals surface area (Å²) in [4.78, 5) is 0. The van der Waals surface area contributed by atoms with Crippen molar-refractivity contribution in [3.8, 4) is 0 Å². The van der Waals surface area contributed by atoms with Crippen molar-refractivity contribution >= 4 is 8.56 Å². The molecule has 0 atom stereocenters. The molecule has 17 heavy (non-hydrogen) atoms. The summed E-state index contributed by atoms with van der Waals surface area (Å²) >= 11 is 0. The summed E-state index contributed by atoms with van der Waals surface area (Å²) in [5.41, 5.74) is 0. The lowest BCUT2D eigenvalue weighted by Crippen LogP contribution is -2.51. The maximum atomic E-state index is 6.18. The molecule has 0 aromatic rings. The van der Waals surface area contributed by atoms with E-state index in [0.29, 0.717) is 0 Å². The average molecular weight is 262 g/mol. The van der Waals surface area contributed by atoms with Gasteiger partial charge in [0.05, 0.1) is 0 Å². The van der Waals surface area contributed by atoms with E-state index in [4.69, 9.17) is 9.05 Å². The zero-order valence-corrected chi connectivity index (χ0v) is 13.5. The Morgan fingerprint density at radius 2 is 0.941 bits per heavy atom. The van der Waals surface area contributed by atoms with Crippen LogP contribution in [0.1, 0.15) is 41.5 Å². The van der Waals surface area contributed by atoms with Gasteiger partial charge in [-0.15, -0.1) is 0 Å². The highest BCUT2D eigenvalue weighted by Crippen LogP contribution is 2.21. The van der Waals surface area contributed by atoms with E-state index in [2.05, 4.69) is 41.5 Å². The second kappa shape index (κ2) is 9.05. The molecule has 0 aliphatic heterocycles. The van der Waals surface area contributed by atoms with E-state index < -0.39 is 8.56 Å². The molecule has 0 radical (unpaired) electrons. The van der Waals surface area contributed by atoms with Crippen molar-refractivity contribution in [3.63, 3.8) is 0 Å². The molecule has 0 saturated carbocycles. The SMILES string of the molecule is CCN(CC)O[Si](CC)(CC)ON(CC)CC. The van der Waals surface area contributed by atoms with Crippen molar-refractivity contribution < 1.29 is 9.05 Å². The first-order valence-electron chi connectivity index (χ1n) is 6.99. The van der Waals surface area contributed by atoms with Crippen molar-refractivity contribution in [2.45, 2.75) is 53.6 Å². The summed E-state index contributed by atoms with van der Waals surface area (Å²) in [7, 11) is -2.10. The summed E-state index contributed by atoms with van der Waals surface area (Å²) in [5.74, 6) is 0. The Kier molecular flexibility index (Phi) is 9.08. The smallest absolute Gasteiger partial charge is 0.308 e. The van der Waals surface area contributed by atoms with Gasteiger partial charge in [-0.25, -0.2) is 0 Å². The number of hydrogen-bond donors (Lipinski definition) is 0. The van der Waals surface area contributed by atoms with Crippen molar-refractivity contribution in [2.24, 2.45) is 0 Å². The third-order valence-electron chi connectivity index (χ3n) is 3.08. The van der Waals surface area contributed by atoms with E-state index in [1.165, 1.54) is 0 Å². The molecule has 4 nitrogen and oxygen atoms in total. The second-order valence-corrected chi connectivity index (χ2v) is 7.63. The molecule has 5 heteroatoms. The molecule has 0 aromatic heterocycles. The van der Waals surface area contributed by atoms with E-state index in [-0.39, 0.29) is 0 Å². The third-order valence-corrected chi connectivity index (χ3v) is 6.42. The van der Waals surface area contributed by atoms with Crippen molar-refractivity contribution in [3.05, 3.63) is 0 Å². The van der Waals surface area contributed by atoms with Gasteiger partial charge in [0.1, 0.15) is 0 Å². The van der Waals surface area contributed by atoms with Gasteiger partial charge in [-0.3, -0.25) is 0 Å². The lowest BCUT2D eigenvalue weighted by Gasteiger charge is -2.36. The summed E-state index contributed by atoms with van der Waals surface area (Å²) in [6, 6.07) is 1.97. The van der Waals surface area contributed by atoms with Crippen molar-refractivity contribution in [2.75, 3.05) is 26.2 Å². The Balaban J connectivity index is 4.63. The standard InChI is InChI=1S/C12H30N2O2Si/c1-7-13(8-2)15-17(11-5,12-6)16-14(9-3)10-4/h7-12H2,1-6H3. The molecule has 0 aromatic carbocycles. The van der Waals surface area contributed by atoms with Gasteiger partial charge in [0.2, 0.25) is 0 Å². The van der Waals surface area contributed by atoms with Crippen LogP contribution in [0.2, 0.25) is 12.1 Å². The third kappa shape index (κ3) is 5.48. The largest absolute Gasteiger partial charge is 0.376 e. The zero-order chi connectivity index (χ0) is 13.3. The van der Waals surface area contributed by atoms with Crippen LogP contribution in [0.3, 0.4) is 0 Å². The minimum atomic E-state index is -2.10. The minimum absolute atomic E-state index is 0.910. The molecule has 0 rings (SSSR count). The maximum absolute atomic E-state index is 6.18. The van der Waals surface area contributed by atoms with Crippen LogP contribution in [0, 0.1) is 0 Å².